The van der Waals surface area contributed by atoms with Gasteiger partial charge in [0.2, 0.25) is 11.6 Å². The monoisotopic (exact) mass is 448 g/mol. The van der Waals surface area contributed by atoms with Crippen molar-refractivity contribution in [3.8, 4) is 28.6 Å². The van der Waals surface area contributed by atoms with Gasteiger partial charge in [-0.2, -0.15) is 9.78 Å². The van der Waals surface area contributed by atoms with Gasteiger partial charge in [0, 0.05) is 5.56 Å². The molecular formula is C21H20N8O4. The molecule has 0 aliphatic carbocycles. The van der Waals surface area contributed by atoms with Gasteiger partial charge in [0.1, 0.15) is 17.2 Å². The number of aromatic nitrogens is 5. The molecule has 0 unspecified atom stereocenters. The number of rotatable bonds is 8. The van der Waals surface area contributed by atoms with E-state index in [1.54, 1.807) is 24.3 Å². The number of hydrazone groups is 1. The Morgan fingerprint density at radius 1 is 1.21 bits per heavy atom. The normalized spacial score (nSPS) is 11.0. The number of nitrogens with zero attached hydrogens (tertiary/aromatic N) is 6. The molecule has 12 heteroatoms. The number of carbonyl (C=O) groups is 1. The molecule has 2 heterocycles. The standard InChI is InChI=1S/C21H20N8O4/c1-3-32-15-9-7-13(8-10-15)12-23-25-21(30)17-18(14-5-4-6-16(11-14)31-2)29(28-24-17)20-19(22)26-33-27-20/h4-12H,3H2,1-2H3,(H2,22,26)(H,25,30)/b23-12+. The molecular weight excluding hydrogens is 428 g/mol. The van der Waals surface area contributed by atoms with E-state index >= 15 is 0 Å². The molecule has 0 bridgehead atoms. The smallest absolute Gasteiger partial charge is 0.294 e. The molecule has 0 saturated carbocycles. The summed E-state index contributed by atoms with van der Waals surface area (Å²) in [5.74, 6) is 0.823. The van der Waals surface area contributed by atoms with Crippen LogP contribution in [0.3, 0.4) is 0 Å². The summed E-state index contributed by atoms with van der Waals surface area (Å²) < 4.78 is 16.6. The zero-order chi connectivity index (χ0) is 23.2. The molecule has 0 saturated heterocycles. The van der Waals surface area contributed by atoms with Gasteiger partial charge in [0.25, 0.3) is 5.91 Å². The molecule has 0 aliphatic rings. The third-order valence-electron chi connectivity index (χ3n) is 4.50. The molecule has 1 amide bonds. The Hall–Kier alpha value is -4.74. The van der Waals surface area contributed by atoms with Crippen LogP contribution in [0.4, 0.5) is 5.82 Å². The summed E-state index contributed by atoms with van der Waals surface area (Å²) in [7, 11) is 1.54. The minimum absolute atomic E-state index is 0.00510. The topological polar surface area (TPSA) is 156 Å². The van der Waals surface area contributed by atoms with Crippen molar-refractivity contribution in [3.63, 3.8) is 0 Å². The van der Waals surface area contributed by atoms with Crippen molar-refractivity contribution >= 4 is 17.9 Å². The lowest BCUT2D eigenvalue weighted by Gasteiger charge is -2.07. The van der Waals surface area contributed by atoms with E-state index in [2.05, 4.69) is 35.8 Å². The quantitative estimate of drug-likeness (QED) is 0.304. The van der Waals surface area contributed by atoms with Gasteiger partial charge in [0.15, 0.2) is 5.69 Å². The lowest BCUT2D eigenvalue weighted by Crippen LogP contribution is -2.19. The molecule has 0 atom stereocenters. The van der Waals surface area contributed by atoms with E-state index in [4.69, 9.17) is 15.2 Å². The molecule has 4 rings (SSSR count). The van der Waals surface area contributed by atoms with Crippen molar-refractivity contribution in [1.29, 1.82) is 0 Å². The Morgan fingerprint density at radius 2 is 2.03 bits per heavy atom. The van der Waals surface area contributed by atoms with Crippen LogP contribution in [-0.2, 0) is 0 Å². The van der Waals surface area contributed by atoms with Gasteiger partial charge in [-0.1, -0.05) is 17.3 Å². The molecule has 0 radical (unpaired) electrons. The maximum absolute atomic E-state index is 12.9. The molecule has 0 fully saturated rings. The first-order valence-corrected chi connectivity index (χ1v) is 9.85. The first-order valence-electron chi connectivity index (χ1n) is 9.85. The summed E-state index contributed by atoms with van der Waals surface area (Å²) in [6, 6.07) is 14.3. The zero-order valence-corrected chi connectivity index (χ0v) is 17.8. The van der Waals surface area contributed by atoms with Crippen molar-refractivity contribution < 1.29 is 18.9 Å². The third kappa shape index (κ3) is 4.63. The van der Waals surface area contributed by atoms with Crippen molar-refractivity contribution in [2.45, 2.75) is 6.92 Å². The maximum atomic E-state index is 12.9. The molecule has 0 spiro atoms. The highest BCUT2D eigenvalue weighted by molar-refractivity contribution is 5.99. The van der Waals surface area contributed by atoms with Gasteiger partial charge in [-0.15, -0.1) is 5.10 Å². The van der Waals surface area contributed by atoms with Gasteiger partial charge in [0.05, 0.1) is 19.9 Å². The number of nitrogen functional groups attached to an aromatic ring is 1. The van der Waals surface area contributed by atoms with Crippen LogP contribution >= 0.6 is 0 Å². The zero-order valence-electron chi connectivity index (χ0n) is 17.8. The lowest BCUT2D eigenvalue weighted by molar-refractivity contribution is 0.0950. The second kappa shape index (κ2) is 9.60. The SMILES string of the molecule is CCOc1ccc(/C=N/NC(=O)c2nnn(-c3nonc3N)c2-c2cccc(OC)c2)cc1. The summed E-state index contributed by atoms with van der Waals surface area (Å²) in [4.78, 5) is 12.9. The van der Waals surface area contributed by atoms with Crippen molar-refractivity contribution in [2.24, 2.45) is 5.10 Å². The molecule has 33 heavy (non-hydrogen) atoms. The summed E-state index contributed by atoms with van der Waals surface area (Å²) in [5.41, 5.74) is 9.95. The van der Waals surface area contributed by atoms with Crippen LogP contribution in [0.1, 0.15) is 23.0 Å². The van der Waals surface area contributed by atoms with E-state index in [0.29, 0.717) is 23.6 Å². The fourth-order valence-electron chi connectivity index (χ4n) is 2.99. The molecule has 168 valence electrons. The van der Waals surface area contributed by atoms with Crippen LogP contribution < -0.4 is 20.6 Å². The third-order valence-corrected chi connectivity index (χ3v) is 4.50. The Morgan fingerprint density at radius 3 is 2.73 bits per heavy atom. The first-order chi connectivity index (χ1) is 16.1. The number of carbonyl (C=O) groups excluding carboxylic acids is 1. The first kappa shape index (κ1) is 21.5. The molecule has 2 aromatic carbocycles. The van der Waals surface area contributed by atoms with E-state index in [-0.39, 0.29) is 17.3 Å². The molecule has 4 aromatic rings. The maximum Gasteiger partial charge on any atom is 0.294 e. The van der Waals surface area contributed by atoms with Crippen LogP contribution in [0.25, 0.3) is 17.1 Å². The van der Waals surface area contributed by atoms with Crippen molar-refractivity contribution in [2.75, 3.05) is 19.5 Å². The van der Waals surface area contributed by atoms with E-state index in [9.17, 15) is 4.79 Å². The second-order valence-corrected chi connectivity index (χ2v) is 6.60. The number of anilines is 1. The van der Waals surface area contributed by atoms with E-state index < -0.39 is 5.91 Å². The fraction of sp³-hybridized carbons (Fsp3) is 0.143. The van der Waals surface area contributed by atoms with Gasteiger partial charge in [-0.3, -0.25) is 4.79 Å². The van der Waals surface area contributed by atoms with Gasteiger partial charge in [-0.25, -0.2) is 10.1 Å². The van der Waals surface area contributed by atoms with Gasteiger partial charge >= 0.3 is 0 Å². The minimum Gasteiger partial charge on any atom is -0.497 e. The highest BCUT2D eigenvalue weighted by Gasteiger charge is 2.25. The van der Waals surface area contributed by atoms with Crippen LogP contribution in [0, 0.1) is 0 Å². The minimum atomic E-state index is -0.587. The average Bonchev–Trinajstić information content (AvgIpc) is 3.46. The Kier molecular flexibility index (Phi) is 6.25. The number of hydrogen-bond acceptors (Lipinski definition) is 10. The van der Waals surface area contributed by atoms with E-state index in [1.165, 1.54) is 18.0 Å². The summed E-state index contributed by atoms with van der Waals surface area (Å²) in [5, 5.41) is 19.4. The van der Waals surface area contributed by atoms with E-state index in [1.807, 2.05) is 31.2 Å². The number of nitrogens with one attached hydrogen (secondary N) is 1. The largest absolute Gasteiger partial charge is 0.497 e. The number of hydrogen-bond donors (Lipinski definition) is 2. The van der Waals surface area contributed by atoms with Crippen LogP contribution in [0.2, 0.25) is 0 Å². The van der Waals surface area contributed by atoms with Gasteiger partial charge in [-0.05, 0) is 59.2 Å². The van der Waals surface area contributed by atoms with E-state index in [0.717, 1.165) is 11.3 Å². The summed E-state index contributed by atoms with van der Waals surface area (Å²) in [6.07, 6.45) is 1.50. The predicted molar refractivity (Wildman–Crippen MR) is 118 cm³/mol. The Balaban J connectivity index is 1.63. The average molecular weight is 448 g/mol. The number of methoxy groups -OCH3 is 1. The number of ether oxygens (including phenoxy) is 2. The van der Waals surface area contributed by atoms with Crippen LogP contribution in [0.5, 0.6) is 11.5 Å². The summed E-state index contributed by atoms with van der Waals surface area (Å²) >= 11 is 0. The number of amides is 1. The second-order valence-electron chi connectivity index (χ2n) is 6.60. The van der Waals surface area contributed by atoms with Crippen LogP contribution in [0.15, 0.2) is 58.3 Å². The Labute approximate surface area is 188 Å². The highest BCUT2D eigenvalue weighted by atomic mass is 16.6. The number of nitrogens with two attached hydrogens (primary N) is 1. The molecule has 12 nitrogen and oxygen atoms in total. The lowest BCUT2D eigenvalue weighted by atomic mass is 10.1. The molecule has 0 aliphatic heterocycles. The number of benzene rings is 2. The molecule has 3 N–H and O–H groups in total. The van der Waals surface area contributed by atoms with Crippen molar-refractivity contribution in [1.82, 2.24) is 30.7 Å². The summed E-state index contributed by atoms with van der Waals surface area (Å²) in [6.45, 7) is 2.49. The highest BCUT2D eigenvalue weighted by Crippen LogP contribution is 2.28. The van der Waals surface area contributed by atoms with Crippen molar-refractivity contribution in [3.05, 3.63) is 59.8 Å². The predicted octanol–water partition coefficient (Wildman–Crippen LogP) is 2.07. The fourth-order valence-corrected chi connectivity index (χ4v) is 2.99. The Bertz CT molecular complexity index is 1280. The molecule has 2 aromatic heterocycles. The van der Waals surface area contributed by atoms with Crippen LogP contribution in [-0.4, -0.2) is 51.1 Å². The van der Waals surface area contributed by atoms with Gasteiger partial charge < -0.3 is 15.2 Å².